The Morgan fingerprint density at radius 3 is 2.94 bits per heavy atom. The highest BCUT2D eigenvalue weighted by atomic mass is 127. The van der Waals surface area contributed by atoms with E-state index in [1.54, 1.807) is 24.4 Å². The lowest BCUT2D eigenvalue weighted by molar-refractivity contribution is 0.259. The van der Waals surface area contributed by atoms with Crippen molar-refractivity contribution in [3.05, 3.63) is 45.2 Å². The number of hydrogen-bond donors (Lipinski definition) is 0. The molecule has 4 nitrogen and oxygen atoms in total. The van der Waals surface area contributed by atoms with Crippen LogP contribution in [0.4, 0.5) is 0 Å². The van der Waals surface area contributed by atoms with Crippen molar-refractivity contribution in [2.24, 2.45) is 0 Å². The summed E-state index contributed by atoms with van der Waals surface area (Å²) in [6.07, 6.45) is 1.66. The lowest BCUT2D eigenvalue weighted by Gasteiger charge is -2.05. The molecule has 0 fully saturated rings. The maximum atomic E-state index is 8.74. The third kappa shape index (κ3) is 2.97. The predicted molar refractivity (Wildman–Crippen MR) is 69.4 cm³/mol. The number of ether oxygens (including phenoxy) is 1. The van der Waals surface area contributed by atoms with E-state index in [1.807, 2.05) is 6.92 Å². The van der Waals surface area contributed by atoms with Gasteiger partial charge >= 0.3 is 0 Å². The van der Waals surface area contributed by atoms with Crippen molar-refractivity contribution in [3.63, 3.8) is 0 Å². The Balaban J connectivity index is 2.07. The highest BCUT2D eigenvalue weighted by Gasteiger charge is 2.05. The molecule has 0 atom stereocenters. The molecule has 17 heavy (non-hydrogen) atoms. The zero-order valence-corrected chi connectivity index (χ0v) is 11.3. The molecular formula is C12H9IN2O2. The number of aryl methyl sites for hydroxylation is 1. The molecule has 2 aromatic rings. The number of hydrogen-bond acceptors (Lipinski definition) is 4. The Labute approximate surface area is 112 Å². The standard InChI is InChI=1S/C12H9IN2O2/c1-8-6-15-12(17-8)7-16-11-3-2-9(5-14)4-10(11)13/h2-4,6H,7H2,1H3. The minimum atomic E-state index is 0.287. The van der Waals surface area contributed by atoms with Gasteiger partial charge in [-0.2, -0.15) is 5.26 Å². The van der Waals surface area contributed by atoms with Gasteiger partial charge in [0.2, 0.25) is 5.89 Å². The maximum Gasteiger partial charge on any atom is 0.232 e. The van der Waals surface area contributed by atoms with E-state index in [1.165, 1.54) is 0 Å². The molecule has 0 radical (unpaired) electrons. The largest absolute Gasteiger partial charge is 0.483 e. The van der Waals surface area contributed by atoms with Gasteiger partial charge in [-0.25, -0.2) is 4.98 Å². The Morgan fingerprint density at radius 1 is 1.53 bits per heavy atom. The Bertz CT molecular complexity index is 572. The van der Waals surface area contributed by atoms with Gasteiger partial charge in [-0.15, -0.1) is 0 Å². The van der Waals surface area contributed by atoms with Crippen LogP contribution < -0.4 is 4.74 Å². The average molecular weight is 340 g/mol. The van der Waals surface area contributed by atoms with Crippen LogP contribution in [-0.2, 0) is 6.61 Å². The molecule has 0 aliphatic rings. The summed E-state index contributed by atoms with van der Waals surface area (Å²) in [5, 5.41) is 8.74. The van der Waals surface area contributed by atoms with Gasteiger partial charge in [0.25, 0.3) is 0 Å². The number of halogens is 1. The predicted octanol–water partition coefficient (Wildman–Crippen LogP) is 3.04. The van der Waals surface area contributed by atoms with Crippen LogP contribution in [0.5, 0.6) is 5.75 Å². The molecular weight excluding hydrogens is 331 g/mol. The molecule has 5 heteroatoms. The van der Waals surface area contributed by atoms with Gasteiger partial charge in [-0.3, -0.25) is 0 Å². The van der Waals surface area contributed by atoms with Crippen molar-refractivity contribution in [2.75, 3.05) is 0 Å². The summed E-state index contributed by atoms with van der Waals surface area (Å²) in [4.78, 5) is 4.05. The molecule has 0 amide bonds. The summed E-state index contributed by atoms with van der Waals surface area (Å²) in [6.45, 7) is 2.12. The Morgan fingerprint density at radius 2 is 2.35 bits per heavy atom. The summed E-state index contributed by atoms with van der Waals surface area (Å²) in [5.74, 6) is 2.03. The highest BCUT2D eigenvalue weighted by Crippen LogP contribution is 2.22. The second-order valence-electron chi connectivity index (χ2n) is 3.41. The van der Waals surface area contributed by atoms with Crippen LogP contribution in [0.15, 0.2) is 28.8 Å². The van der Waals surface area contributed by atoms with E-state index in [9.17, 15) is 0 Å². The third-order valence-electron chi connectivity index (χ3n) is 2.08. The highest BCUT2D eigenvalue weighted by molar-refractivity contribution is 14.1. The van der Waals surface area contributed by atoms with E-state index >= 15 is 0 Å². The van der Waals surface area contributed by atoms with E-state index in [-0.39, 0.29) is 6.61 Å². The molecule has 0 unspecified atom stereocenters. The molecule has 1 aromatic heterocycles. The fourth-order valence-electron chi connectivity index (χ4n) is 1.30. The van der Waals surface area contributed by atoms with Gasteiger partial charge in [-0.1, -0.05) is 0 Å². The van der Waals surface area contributed by atoms with Crippen LogP contribution in [0.25, 0.3) is 0 Å². The molecule has 0 aliphatic heterocycles. The number of rotatable bonds is 3. The van der Waals surface area contributed by atoms with E-state index in [4.69, 9.17) is 14.4 Å². The van der Waals surface area contributed by atoms with Gasteiger partial charge in [0.1, 0.15) is 11.5 Å². The summed E-state index contributed by atoms with van der Waals surface area (Å²) in [5.41, 5.74) is 0.619. The summed E-state index contributed by atoms with van der Waals surface area (Å²) in [7, 11) is 0. The van der Waals surface area contributed by atoms with Crippen LogP contribution in [0, 0.1) is 21.8 Å². The second-order valence-corrected chi connectivity index (χ2v) is 4.57. The molecule has 0 saturated carbocycles. The van der Waals surface area contributed by atoms with Crippen molar-refractivity contribution < 1.29 is 9.15 Å². The zero-order chi connectivity index (χ0) is 12.3. The van der Waals surface area contributed by atoms with Gasteiger partial charge in [0, 0.05) is 0 Å². The van der Waals surface area contributed by atoms with E-state index in [0.717, 1.165) is 15.1 Å². The lowest BCUT2D eigenvalue weighted by atomic mass is 10.2. The maximum absolute atomic E-state index is 8.74. The molecule has 0 N–H and O–H groups in total. The summed E-state index contributed by atoms with van der Waals surface area (Å²) >= 11 is 2.13. The number of aromatic nitrogens is 1. The first-order valence-electron chi connectivity index (χ1n) is 4.93. The van der Waals surface area contributed by atoms with E-state index < -0.39 is 0 Å². The van der Waals surface area contributed by atoms with Crippen molar-refractivity contribution in [2.45, 2.75) is 13.5 Å². The molecule has 0 aliphatic carbocycles. The third-order valence-corrected chi connectivity index (χ3v) is 2.92. The first kappa shape index (κ1) is 11.9. The first-order chi connectivity index (χ1) is 8.19. The Kier molecular flexibility index (Phi) is 3.64. The minimum absolute atomic E-state index is 0.287. The van der Waals surface area contributed by atoms with Crippen LogP contribution >= 0.6 is 22.6 Å². The number of nitriles is 1. The number of benzene rings is 1. The summed E-state index contributed by atoms with van der Waals surface area (Å²) < 4.78 is 11.8. The van der Waals surface area contributed by atoms with E-state index in [0.29, 0.717) is 11.5 Å². The first-order valence-corrected chi connectivity index (χ1v) is 6.00. The Hall–Kier alpha value is -1.55. The van der Waals surface area contributed by atoms with Crippen LogP contribution in [-0.4, -0.2) is 4.98 Å². The number of nitrogens with zero attached hydrogens (tertiary/aromatic N) is 2. The molecule has 0 saturated heterocycles. The topological polar surface area (TPSA) is 59.0 Å². The van der Waals surface area contributed by atoms with Gasteiger partial charge in [-0.05, 0) is 47.7 Å². The quantitative estimate of drug-likeness (QED) is 0.806. The fraction of sp³-hybridized carbons (Fsp3) is 0.167. The smallest absolute Gasteiger partial charge is 0.232 e. The SMILES string of the molecule is Cc1cnc(COc2ccc(C#N)cc2I)o1. The fourth-order valence-corrected chi connectivity index (χ4v) is 1.97. The average Bonchev–Trinajstić information content (AvgIpc) is 2.73. The van der Waals surface area contributed by atoms with Crippen molar-refractivity contribution in [1.29, 1.82) is 5.26 Å². The van der Waals surface area contributed by atoms with Crippen LogP contribution in [0.2, 0.25) is 0 Å². The van der Waals surface area contributed by atoms with Gasteiger partial charge in [0.05, 0.1) is 21.4 Å². The summed E-state index contributed by atoms with van der Waals surface area (Å²) in [6, 6.07) is 7.35. The van der Waals surface area contributed by atoms with Crippen LogP contribution in [0.3, 0.4) is 0 Å². The normalized spacial score (nSPS) is 9.94. The second kappa shape index (κ2) is 5.19. The molecule has 0 spiro atoms. The molecule has 86 valence electrons. The van der Waals surface area contributed by atoms with Crippen LogP contribution in [0.1, 0.15) is 17.2 Å². The lowest BCUT2D eigenvalue weighted by Crippen LogP contribution is -1.97. The van der Waals surface area contributed by atoms with Gasteiger partial charge in [0.15, 0.2) is 6.61 Å². The molecule has 0 bridgehead atoms. The molecule has 1 heterocycles. The monoisotopic (exact) mass is 340 g/mol. The zero-order valence-electron chi connectivity index (χ0n) is 9.11. The van der Waals surface area contributed by atoms with Crippen molar-refractivity contribution >= 4 is 22.6 Å². The minimum Gasteiger partial charge on any atom is -0.483 e. The molecule has 1 aromatic carbocycles. The van der Waals surface area contributed by atoms with Crippen molar-refractivity contribution in [3.8, 4) is 11.8 Å². The van der Waals surface area contributed by atoms with Crippen molar-refractivity contribution in [1.82, 2.24) is 4.98 Å². The van der Waals surface area contributed by atoms with Gasteiger partial charge < -0.3 is 9.15 Å². The molecule has 2 rings (SSSR count). The van der Waals surface area contributed by atoms with E-state index in [2.05, 4.69) is 33.6 Å². The number of oxazole rings is 1.